The molecule has 0 radical (unpaired) electrons. The zero-order valence-electron chi connectivity index (χ0n) is 21.8. The first-order valence-electron chi connectivity index (χ1n) is 12.1. The van der Waals surface area contributed by atoms with Crippen LogP contribution in [0.1, 0.15) is 113 Å². The van der Waals surface area contributed by atoms with Crippen molar-refractivity contribution < 1.29 is 4.42 Å². The lowest BCUT2D eigenvalue weighted by atomic mass is 10.1. The summed E-state index contributed by atoms with van der Waals surface area (Å²) in [7, 11) is 0. The summed E-state index contributed by atoms with van der Waals surface area (Å²) < 4.78 is 5.22. The van der Waals surface area contributed by atoms with Gasteiger partial charge in [0.2, 0.25) is 0 Å². The Bertz CT molecular complexity index is 465. The van der Waals surface area contributed by atoms with E-state index in [0.717, 1.165) is 35.9 Å². The second-order valence-electron chi connectivity index (χ2n) is 10.2. The van der Waals surface area contributed by atoms with Gasteiger partial charge in [-0.3, -0.25) is 0 Å². The van der Waals surface area contributed by atoms with E-state index in [2.05, 4.69) is 86.8 Å². The number of aryl methyl sites for hydroxylation is 2. The number of rotatable bonds is 8. The first-order chi connectivity index (χ1) is 14.0. The molecule has 0 saturated heterocycles. The number of thiophene rings is 1. The Balaban J connectivity index is -0.000000370. The molecular weight excluding hydrogens is 396 g/mol. The van der Waals surface area contributed by atoms with Gasteiger partial charge in [0, 0.05) is 11.3 Å². The molecule has 0 spiro atoms. The summed E-state index contributed by atoms with van der Waals surface area (Å²) in [6.07, 6.45) is 9.34. The average Bonchev–Trinajstić information content (AvgIpc) is 3.27. The van der Waals surface area contributed by atoms with Crippen LogP contribution in [0.25, 0.3) is 0 Å². The standard InChI is InChI=1S/C10H16O.C10H16S.2C4H10.CH4/c2*1-9(2)5-3-6-10-7-4-8-11-10;2*1-4(2)3;/h2*4,7-9H,3,5-6H2,1-2H3;2*4H,1-3H3;1H4. The van der Waals surface area contributed by atoms with E-state index in [1.54, 1.807) is 6.26 Å². The van der Waals surface area contributed by atoms with E-state index < -0.39 is 0 Å². The largest absolute Gasteiger partial charge is 0.469 e. The van der Waals surface area contributed by atoms with Gasteiger partial charge in [0.25, 0.3) is 0 Å². The maximum Gasteiger partial charge on any atom is 0.103 e. The summed E-state index contributed by atoms with van der Waals surface area (Å²) in [6, 6.07) is 8.35. The second-order valence-corrected chi connectivity index (χ2v) is 11.2. The van der Waals surface area contributed by atoms with Gasteiger partial charge in [-0.1, -0.05) is 95.6 Å². The van der Waals surface area contributed by atoms with Gasteiger partial charge in [-0.25, -0.2) is 0 Å². The highest BCUT2D eigenvalue weighted by atomic mass is 32.1. The van der Waals surface area contributed by atoms with Gasteiger partial charge in [-0.2, -0.15) is 0 Å². The van der Waals surface area contributed by atoms with Crippen molar-refractivity contribution in [3.8, 4) is 0 Å². The van der Waals surface area contributed by atoms with Crippen molar-refractivity contribution in [3.63, 3.8) is 0 Å². The Morgan fingerprint density at radius 1 is 0.710 bits per heavy atom. The van der Waals surface area contributed by atoms with Crippen LogP contribution in [-0.4, -0.2) is 0 Å². The molecule has 0 N–H and O–H groups in total. The molecular formula is C29H56OS. The summed E-state index contributed by atoms with van der Waals surface area (Å²) in [5, 5.41) is 2.16. The van der Waals surface area contributed by atoms with Crippen molar-refractivity contribution in [2.24, 2.45) is 23.7 Å². The van der Waals surface area contributed by atoms with E-state index in [-0.39, 0.29) is 7.43 Å². The van der Waals surface area contributed by atoms with E-state index >= 15 is 0 Å². The highest BCUT2D eigenvalue weighted by Gasteiger charge is 1.97. The Morgan fingerprint density at radius 2 is 1.19 bits per heavy atom. The molecule has 0 saturated carbocycles. The molecule has 1 nitrogen and oxygen atoms in total. The summed E-state index contributed by atoms with van der Waals surface area (Å²) in [6.45, 7) is 22.1. The van der Waals surface area contributed by atoms with Crippen LogP contribution in [0.4, 0.5) is 0 Å². The first kappa shape index (κ1) is 34.6. The maximum absolute atomic E-state index is 5.22. The van der Waals surface area contributed by atoms with E-state index in [1.807, 2.05) is 23.5 Å². The molecule has 0 bridgehead atoms. The van der Waals surface area contributed by atoms with Crippen LogP contribution in [0.5, 0.6) is 0 Å². The lowest BCUT2D eigenvalue weighted by Gasteiger charge is -2.01. The van der Waals surface area contributed by atoms with Crippen LogP contribution in [0, 0.1) is 23.7 Å². The third-order valence-corrected chi connectivity index (χ3v) is 4.51. The number of furan rings is 1. The SMILES string of the molecule is C.CC(C)C.CC(C)C.CC(C)CCCc1ccco1.CC(C)CCCc1cccs1. The van der Waals surface area contributed by atoms with Crippen molar-refractivity contribution in [3.05, 3.63) is 46.5 Å². The zero-order chi connectivity index (χ0) is 23.4. The van der Waals surface area contributed by atoms with Crippen molar-refractivity contribution in [2.75, 3.05) is 0 Å². The molecule has 0 aliphatic heterocycles. The summed E-state index contributed by atoms with van der Waals surface area (Å²) >= 11 is 1.87. The molecule has 0 aliphatic rings. The van der Waals surface area contributed by atoms with Crippen LogP contribution < -0.4 is 0 Å². The molecule has 31 heavy (non-hydrogen) atoms. The molecule has 2 aromatic rings. The normalized spacial score (nSPS) is 10.0. The topological polar surface area (TPSA) is 13.1 Å². The molecule has 2 rings (SSSR count). The monoisotopic (exact) mass is 452 g/mol. The quantitative estimate of drug-likeness (QED) is 0.388. The van der Waals surface area contributed by atoms with Crippen molar-refractivity contribution >= 4 is 11.3 Å². The van der Waals surface area contributed by atoms with E-state index in [9.17, 15) is 0 Å². The fourth-order valence-electron chi connectivity index (χ4n) is 2.28. The Hall–Kier alpha value is -1.02. The van der Waals surface area contributed by atoms with Gasteiger partial charge in [0.15, 0.2) is 0 Å². The first-order valence-corrected chi connectivity index (χ1v) is 13.0. The predicted molar refractivity (Wildman–Crippen MR) is 146 cm³/mol. The van der Waals surface area contributed by atoms with Crippen molar-refractivity contribution in [1.82, 2.24) is 0 Å². The van der Waals surface area contributed by atoms with Gasteiger partial charge < -0.3 is 4.42 Å². The van der Waals surface area contributed by atoms with E-state index in [1.165, 1.54) is 37.0 Å². The third kappa shape index (κ3) is 33.8. The average molecular weight is 453 g/mol. The molecule has 0 aromatic carbocycles. The lowest BCUT2D eigenvalue weighted by Crippen LogP contribution is -1.89. The van der Waals surface area contributed by atoms with Crippen molar-refractivity contribution in [1.29, 1.82) is 0 Å². The Morgan fingerprint density at radius 3 is 1.55 bits per heavy atom. The number of hydrogen-bond acceptors (Lipinski definition) is 2. The van der Waals surface area contributed by atoms with Gasteiger partial charge in [0.1, 0.15) is 5.76 Å². The highest BCUT2D eigenvalue weighted by Crippen LogP contribution is 2.14. The summed E-state index contributed by atoms with van der Waals surface area (Å²) in [4.78, 5) is 1.53. The third-order valence-electron chi connectivity index (χ3n) is 3.57. The molecule has 0 unspecified atom stereocenters. The molecule has 0 amide bonds. The van der Waals surface area contributed by atoms with Gasteiger partial charge in [-0.15, -0.1) is 11.3 Å². The predicted octanol–water partition coefficient (Wildman–Crippen LogP) is 10.9. The second kappa shape index (κ2) is 23.6. The smallest absolute Gasteiger partial charge is 0.103 e. The Labute approximate surface area is 201 Å². The number of hydrogen-bond donors (Lipinski definition) is 0. The molecule has 2 heterocycles. The fourth-order valence-corrected chi connectivity index (χ4v) is 3.03. The molecule has 184 valence electrons. The molecule has 2 aromatic heterocycles. The zero-order valence-corrected chi connectivity index (χ0v) is 22.6. The van der Waals surface area contributed by atoms with Gasteiger partial charge in [0.05, 0.1) is 6.26 Å². The van der Waals surface area contributed by atoms with Crippen LogP contribution in [-0.2, 0) is 12.8 Å². The molecule has 0 atom stereocenters. The van der Waals surface area contributed by atoms with Crippen LogP contribution in [0.3, 0.4) is 0 Å². The van der Waals surface area contributed by atoms with Gasteiger partial charge in [-0.05, 0) is 66.5 Å². The highest BCUT2D eigenvalue weighted by molar-refractivity contribution is 7.09. The maximum atomic E-state index is 5.22. The minimum absolute atomic E-state index is 0. The Kier molecular flexibility index (Phi) is 26.4. The summed E-state index contributed by atoms with van der Waals surface area (Å²) in [5.41, 5.74) is 0. The van der Waals surface area contributed by atoms with Crippen LogP contribution >= 0.6 is 11.3 Å². The molecule has 0 aliphatic carbocycles. The van der Waals surface area contributed by atoms with E-state index in [0.29, 0.717) is 0 Å². The van der Waals surface area contributed by atoms with E-state index in [4.69, 9.17) is 4.42 Å². The lowest BCUT2D eigenvalue weighted by molar-refractivity contribution is 0.478. The van der Waals surface area contributed by atoms with Crippen LogP contribution in [0.2, 0.25) is 0 Å². The van der Waals surface area contributed by atoms with Crippen LogP contribution in [0.15, 0.2) is 40.3 Å². The summed E-state index contributed by atoms with van der Waals surface area (Å²) in [5.74, 6) is 4.45. The molecule has 2 heteroatoms. The van der Waals surface area contributed by atoms with Gasteiger partial charge >= 0.3 is 0 Å². The van der Waals surface area contributed by atoms with Crippen molar-refractivity contribution in [2.45, 2.75) is 115 Å². The molecule has 0 fully saturated rings. The minimum atomic E-state index is 0. The minimum Gasteiger partial charge on any atom is -0.469 e. The fraction of sp³-hybridized carbons (Fsp3) is 0.724.